The minimum absolute atomic E-state index is 0.0960. The maximum absolute atomic E-state index is 10.6. The molecule has 0 bridgehead atoms. The van der Waals surface area contributed by atoms with Crippen molar-refractivity contribution >= 4 is 29.4 Å². The van der Waals surface area contributed by atoms with Gasteiger partial charge in [-0.2, -0.15) is 0 Å². The lowest BCUT2D eigenvalue weighted by Crippen LogP contribution is -2.05. The van der Waals surface area contributed by atoms with Crippen LogP contribution in [0.4, 0.5) is 0 Å². The Morgan fingerprint density at radius 3 is 1.54 bits per heavy atom. The van der Waals surface area contributed by atoms with Gasteiger partial charge in [-0.05, 0) is 6.42 Å². The number of hydrogen-bond acceptors (Lipinski definition) is 4. The van der Waals surface area contributed by atoms with Crippen molar-refractivity contribution in [1.82, 2.24) is 0 Å². The van der Waals surface area contributed by atoms with Crippen molar-refractivity contribution in [3.8, 4) is 0 Å². The third-order valence-corrected chi connectivity index (χ3v) is 8.23. The van der Waals surface area contributed by atoms with Crippen LogP contribution in [-0.2, 0) is 9.09 Å². The molecule has 4 nitrogen and oxygen atoms in total. The molecular weight excluding hydrogens is 411 g/mol. The van der Waals surface area contributed by atoms with Gasteiger partial charge in [0.15, 0.2) is 0 Å². The summed E-state index contributed by atoms with van der Waals surface area (Å²) in [7, 11) is -0.886. The SMILES string of the molecule is CCCCCCCCCCCCCCCCCCSSC(C)COP(=O)(O)O. The number of rotatable bonds is 22. The first-order valence-corrected chi connectivity index (χ1v) is 15.3. The van der Waals surface area contributed by atoms with Crippen molar-refractivity contribution in [2.24, 2.45) is 0 Å². The van der Waals surface area contributed by atoms with Crippen molar-refractivity contribution in [2.75, 3.05) is 12.4 Å². The number of hydrogen-bond donors (Lipinski definition) is 2. The molecule has 0 aromatic heterocycles. The second kappa shape index (κ2) is 21.1. The highest BCUT2D eigenvalue weighted by Crippen LogP contribution is 2.38. The third kappa shape index (κ3) is 24.8. The van der Waals surface area contributed by atoms with Crippen LogP contribution in [-0.4, -0.2) is 27.4 Å². The predicted octanol–water partition coefficient (Wildman–Crippen LogP) is 8.13. The molecule has 0 aliphatic heterocycles. The van der Waals surface area contributed by atoms with Gasteiger partial charge in [0, 0.05) is 11.0 Å². The summed E-state index contributed by atoms with van der Waals surface area (Å²) in [5.41, 5.74) is 0. The Morgan fingerprint density at radius 2 is 1.14 bits per heavy atom. The molecule has 0 fully saturated rings. The molecule has 0 saturated heterocycles. The van der Waals surface area contributed by atoms with Crippen LogP contribution < -0.4 is 0 Å². The molecule has 0 heterocycles. The van der Waals surface area contributed by atoms with Crippen LogP contribution in [0.1, 0.15) is 117 Å². The molecule has 0 amide bonds. The van der Waals surface area contributed by atoms with E-state index in [1.165, 1.54) is 103 Å². The fourth-order valence-electron chi connectivity index (χ4n) is 3.10. The van der Waals surface area contributed by atoms with E-state index in [-0.39, 0.29) is 11.9 Å². The van der Waals surface area contributed by atoms with Crippen LogP contribution in [0.3, 0.4) is 0 Å². The minimum atomic E-state index is -4.32. The Morgan fingerprint density at radius 1 is 0.750 bits per heavy atom. The third-order valence-electron chi connectivity index (χ3n) is 4.79. The fourth-order valence-corrected chi connectivity index (χ4v) is 5.90. The molecule has 0 aromatic carbocycles. The number of phosphoric acid groups is 1. The lowest BCUT2D eigenvalue weighted by Gasteiger charge is -2.11. The quantitative estimate of drug-likeness (QED) is 0.0973. The van der Waals surface area contributed by atoms with Crippen molar-refractivity contribution in [3.05, 3.63) is 0 Å². The smallest absolute Gasteiger partial charge is 0.303 e. The van der Waals surface area contributed by atoms with E-state index in [0.717, 1.165) is 5.75 Å². The maximum Gasteiger partial charge on any atom is 0.469 e. The van der Waals surface area contributed by atoms with Gasteiger partial charge < -0.3 is 9.79 Å². The summed E-state index contributed by atoms with van der Waals surface area (Å²) in [6, 6.07) is 0. The van der Waals surface area contributed by atoms with Crippen LogP contribution in [0.25, 0.3) is 0 Å². The first kappa shape index (κ1) is 28.8. The van der Waals surface area contributed by atoms with E-state index < -0.39 is 7.82 Å². The largest absolute Gasteiger partial charge is 0.469 e. The van der Waals surface area contributed by atoms with Crippen LogP contribution >= 0.6 is 29.4 Å². The highest BCUT2D eigenvalue weighted by Gasteiger charge is 2.16. The molecule has 0 aliphatic rings. The van der Waals surface area contributed by atoms with E-state index in [0.29, 0.717) is 0 Å². The Bertz CT molecular complexity index is 366. The molecule has 28 heavy (non-hydrogen) atoms. The zero-order valence-corrected chi connectivity index (χ0v) is 20.8. The van der Waals surface area contributed by atoms with Crippen molar-refractivity contribution in [3.63, 3.8) is 0 Å². The first-order chi connectivity index (χ1) is 13.5. The summed E-state index contributed by atoms with van der Waals surface area (Å²) >= 11 is 0. The van der Waals surface area contributed by atoms with Crippen LogP contribution in [0, 0.1) is 0 Å². The van der Waals surface area contributed by atoms with E-state index in [1.807, 2.05) is 6.92 Å². The topological polar surface area (TPSA) is 66.8 Å². The van der Waals surface area contributed by atoms with E-state index in [4.69, 9.17) is 9.79 Å². The first-order valence-electron chi connectivity index (χ1n) is 11.4. The van der Waals surface area contributed by atoms with Gasteiger partial charge in [-0.25, -0.2) is 4.57 Å². The van der Waals surface area contributed by atoms with Crippen molar-refractivity contribution < 1.29 is 18.9 Å². The van der Waals surface area contributed by atoms with Crippen LogP contribution in [0.15, 0.2) is 0 Å². The van der Waals surface area contributed by atoms with Gasteiger partial charge in [0.1, 0.15) is 0 Å². The maximum atomic E-state index is 10.6. The van der Waals surface area contributed by atoms with Crippen LogP contribution in [0.2, 0.25) is 0 Å². The van der Waals surface area contributed by atoms with E-state index in [2.05, 4.69) is 11.4 Å². The van der Waals surface area contributed by atoms with Crippen molar-refractivity contribution in [1.29, 1.82) is 0 Å². The van der Waals surface area contributed by atoms with Gasteiger partial charge in [-0.15, -0.1) is 0 Å². The lowest BCUT2D eigenvalue weighted by atomic mass is 10.0. The fraction of sp³-hybridized carbons (Fsp3) is 1.00. The van der Waals surface area contributed by atoms with Crippen molar-refractivity contribution in [2.45, 2.75) is 122 Å². The molecule has 0 aromatic rings. The predicted molar refractivity (Wildman–Crippen MR) is 127 cm³/mol. The van der Waals surface area contributed by atoms with E-state index in [9.17, 15) is 4.57 Å². The Balaban J connectivity index is 3.13. The molecule has 170 valence electrons. The molecular formula is C21H45O4PS2. The number of phosphoric ester groups is 1. The summed E-state index contributed by atoms with van der Waals surface area (Å²) in [4.78, 5) is 17.3. The molecule has 0 rings (SSSR count). The summed E-state index contributed by atoms with van der Waals surface area (Å²) in [5, 5.41) is 0.0960. The van der Waals surface area contributed by atoms with Gasteiger partial charge in [0.25, 0.3) is 0 Å². The van der Waals surface area contributed by atoms with Gasteiger partial charge >= 0.3 is 7.82 Å². The standard InChI is InChI=1S/C21H45O4PS2/c1-3-4-5-6-7-8-9-10-11-12-13-14-15-16-17-18-19-27-28-21(2)20-25-26(22,23)24/h21H,3-20H2,1-2H3,(H2,22,23,24). The summed E-state index contributed by atoms with van der Waals surface area (Å²) in [6.45, 7) is 4.31. The average Bonchev–Trinajstić information content (AvgIpc) is 2.65. The second-order valence-corrected chi connectivity index (χ2v) is 12.0. The lowest BCUT2D eigenvalue weighted by molar-refractivity contribution is 0.199. The molecule has 2 N–H and O–H groups in total. The molecule has 0 spiro atoms. The van der Waals surface area contributed by atoms with E-state index in [1.54, 1.807) is 21.6 Å². The molecule has 0 saturated carbocycles. The zero-order valence-electron chi connectivity index (χ0n) is 18.3. The average molecular weight is 457 g/mol. The molecule has 0 aliphatic carbocycles. The monoisotopic (exact) mass is 456 g/mol. The van der Waals surface area contributed by atoms with Crippen LogP contribution in [0.5, 0.6) is 0 Å². The highest BCUT2D eigenvalue weighted by molar-refractivity contribution is 8.76. The second-order valence-electron chi connectivity index (χ2n) is 7.82. The molecule has 1 atom stereocenters. The van der Waals surface area contributed by atoms with E-state index >= 15 is 0 Å². The van der Waals surface area contributed by atoms with Gasteiger partial charge in [0.05, 0.1) is 6.61 Å². The Kier molecular flexibility index (Phi) is 21.7. The summed E-state index contributed by atoms with van der Waals surface area (Å²) in [5.74, 6) is 1.10. The Hall–Kier alpha value is 0.810. The molecule has 0 radical (unpaired) electrons. The summed E-state index contributed by atoms with van der Waals surface area (Å²) < 4.78 is 15.1. The Labute approximate surface area is 182 Å². The summed E-state index contributed by atoms with van der Waals surface area (Å²) in [6.07, 6.45) is 22.2. The molecule has 7 heteroatoms. The number of unbranched alkanes of at least 4 members (excludes halogenated alkanes) is 15. The van der Waals surface area contributed by atoms with Gasteiger partial charge in [-0.1, -0.05) is 132 Å². The van der Waals surface area contributed by atoms with Gasteiger partial charge in [-0.3, -0.25) is 4.52 Å². The highest BCUT2D eigenvalue weighted by atomic mass is 33.1. The minimum Gasteiger partial charge on any atom is -0.303 e. The van der Waals surface area contributed by atoms with Gasteiger partial charge in [0.2, 0.25) is 0 Å². The zero-order chi connectivity index (χ0) is 20.9. The molecule has 1 unspecified atom stereocenters. The normalized spacial score (nSPS) is 13.1.